The average Bonchev–Trinajstić information content (AvgIpc) is 2.32. The SMILES string of the molecule is CCCC(CCC)C(=O)N[C@@H](CCS(C)(=O)=O)C(=O)O. The molecule has 0 saturated carbocycles. The van der Waals surface area contributed by atoms with Gasteiger partial charge in [-0.2, -0.15) is 0 Å². The van der Waals surface area contributed by atoms with Gasteiger partial charge in [0.1, 0.15) is 15.9 Å². The smallest absolute Gasteiger partial charge is 0.326 e. The van der Waals surface area contributed by atoms with E-state index in [1.54, 1.807) is 0 Å². The summed E-state index contributed by atoms with van der Waals surface area (Å²) < 4.78 is 22.2. The van der Waals surface area contributed by atoms with Crippen LogP contribution in [0.4, 0.5) is 0 Å². The van der Waals surface area contributed by atoms with Crippen molar-refractivity contribution < 1.29 is 23.1 Å². The monoisotopic (exact) mass is 307 g/mol. The zero-order chi connectivity index (χ0) is 15.8. The van der Waals surface area contributed by atoms with Crippen molar-refractivity contribution in [1.82, 2.24) is 5.32 Å². The number of hydrogen-bond donors (Lipinski definition) is 2. The molecular weight excluding hydrogens is 282 g/mol. The maximum absolute atomic E-state index is 12.0. The van der Waals surface area contributed by atoms with Crippen LogP contribution in [0.1, 0.15) is 46.0 Å². The summed E-state index contributed by atoms with van der Waals surface area (Å²) in [4.78, 5) is 23.1. The van der Waals surface area contributed by atoms with Gasteiger partial charge in [-0.15, -0.1) is 0 Å². The van der Waals surface area contributed by atoms with E-state index in [4.69, 9.17) is 5.11 Å². The zero-order valence-corrected chi connectivity index (χ0v) is 13.2. The first kappa shape index (κ1) is 18.9. The van der Waals surface area contributed by atoms with Crippen LogP contribution in [0.5, 0.6) is 0 Å². The Kier molecular flexibility index (Phi) is 8.45. The maximum atomic E-state index is 12.0. The molecule has 6 nitrogen and oxygen atoms in total. The molecule has 1 amide bonds. The van der Waals surface area contributed by atoms with Gasteiger partial charge < -0.3 is 10.4 Å². The third-order valence-corrected chi connectivity index (χ3v) is 4.01. The summed E-state index contributed by atoms with van der Waals surface area (Å²) in [7, 11) is -3.24. The molecule has 0 aromatic carbocycles. The quantitative estimate of drug-likeness (QED) is 0.632. The predicted molar refractivity (Wildman–Crippen MR) is 77.2 cm³/mol. The fourth-order valence-electron chi connectivity index (χ4n) is 1.98. The van der Waals surface area contributed by atoms with Gasteiger partial charge in [0.2, 0.25) is 5.91 Å². The van der Waals surface area contributed by atoms with E-state index in [9.17, 15) is 18.0 Å². The van der Waals surface area contributed by atoms with E-state index in [-0.39, 0.29) is 24.0 Å². The first-order chi connectivity index (χ1) is 9.21. The van der Waals surface area contributed by atoms with Crippen LogP contribution in [0, 0.1) is 5.92 Å². The number of amides is 1. The molecule has 0 radical (unpaired) electrons. The number of carboxylic acids is 1. The van der Waals surface area contributed by atoms with Crippen LogP contribution in [0.2, 0.25) is 0 Å². The normalized spacial score (nSPS) is 13.2. The lowest BCUT2D eigenvalue weighted by Gasteiger charge is -2.19. The average molecular weight is 307 g/mol. The van der Waals surface area contributed by atoms with E-state index < -0.39 is 21.8 Å². The van der Waals surface area contributed by atoms with Crippen molar-refractivity contribution in [3.63, 3.8) is 0 Å². The summed E-state index contributed by atoms with van der Waals surface area (Å²) in [6.45, 7) is 3.93. The lowest BCUT2D eigenvalue weighted by molar-refractivity contribution is -0.142. The van der Waals surface area contributed by atoms with Gasteiger partial charge >= 0.3 is 5.97 Å². The number of nitrogens with one attached hydrogen (secondary N) is 1. The number of hydrogen-bond acceptors (Lipinski definition) is 4. The highest BCUT2D eigenvalue weighted by molar-refractivity contribution is 7.90. The zero-order valence-electron chi connectivity index (χ0n) is 12.4. The molecule has 0 fully saturated rings. The molecule has 0 unspecified atom stereocenters. The Labute approximate surface area is 120 Å². The Morgan fingerprint density at radius 3 is 1.95 bits per heavy atom. The highest BCUT2D eigenvalue weighted by Crippen LogP contribution is 2.14. The minimum absolute atomic E-state index is 0.106. The molecule has 118 valence electrons. The highest BCUT2D eigenvalue weighted by atomic mass is 32.2. The largest absolute Gasteiger partial charge is 0.480 e. The minimum Gasteiger partial charge on any atom is -0.480 e. The van der Waals surface area contributed by atoms with Gasteiger partial charge in [0.25, 0.3) is 0 Å². The number of carbonyl (C=O) groups excluding carboxylic acids is 1. The summed E-state index contributed by atoms with van der Waals surface area (Å²) in [6, 6.07) is -1.14. The second-order valence-corrected chi connectivity index (χ2v) is 7.35. The van der Waals surface area contributed by atoms with Crippen LogP contribution >= 0.6 is 0 Å². The molecule has 0 heterocycles. The molecular formula is C13H25NO5S. The second kappa shape index (κ2) is 8.94. The van der Waals surface area contributed by atoms with Crippen molar-refractivity contribution in [2.45, 2.75) is 52.0 Å². The molecule has 0 aliphatic carbocycles. The van der Waals surface area contributed by atoms with Gasteiger partial charge in [-0.3, -0.25) is 4.79 Å². The molecule has 0 aliphatic rings. The topological polar surface area (TPSA) is 101 Å². The summed E-state index contributed by atoms with van der Waals surface area (Å²) >= 11 is 0. The summed E-state index contributed by atoms with van der Waals surface area (Å²) in [5, 5.41) is 11.5. The number of carbonyl (C=O) groups is 2. The van der Waals surface area contributed by atoms with Gasteiger partial charge in [0.15, 0.2) is 0 Å². The van der Waals surface area contributed by atoms with Crippen molar-refractivity contribution in [2.24, 2.45) is 5.92 Å². The first-order valence-corrected chi connectivity index (χ1v) is 8.98. The number of rotatable bonds is 10. The number of aliphatic carboxylic acids is 1. The Morgan fingerprint density at radius 1 is 1.10 bits per heavy atom. The van der Waals surface area contributed by atoms with Gasteiger partial charge in [0.05, 0.1) is 5.75 Å². The third kappa shape index (κ3) is 8.14. The number of sulfone groups is 1. The van der Waals surface area contributed by atoms with Crippen LogP contribution in [0.3, 0.4) is 0 Å². The predicted octanol–water partition coefficient (Wildman–Crippen LogP) is 1.21. The van der Waals surface area contributed by atoms with E-state index in [1.165, 1.54) is 0 Å². The fourth-order valence-corrected chi connectivity index (χ4v) is 2.65. The Balaban J connectivity index is 4.63. The van der Waals surface area contributed by atoms with E-state index >= 15 is 0 Å². The molecule has 0 rings (SSSR count). The van der Waals surface area contributed by atoms with Gasteiger partial charge in [-0.1, -0.05) is 26.7 Å². The van der Waals surface area contributed by atoms with Crippen molar-refractivity contribution in [2.75, 3.05) is 12.0 Å². The summed E-state index contributed by atoms with van der Waals surface area (Å²) in [5.74, 6) is -1.95. The Hall–Kier alpha value is -1.11. The Bertz CT molecular complexity index is 412. The molecule has 0 aromatic heterocycles. The van der Waals surface area contributed by atoms with E-state index in [0.717, 1.165) is 19.1 Å². The van der Waals surface area contributed by atoms with Crippen LogP contribution in [-0.4, -0.2) is 43.5 Å². The van der Waals surface area contributed by atoms with Crippen molar-refractivity contribution in [3.05, 3.63) is 0 Å². The molecule has 7 heteroatoms. The van der Waals surface area contributed by atoms with Gasteiger partial charge in [-0.25, -0.2) is 13.2 Å². The summed E-state index contributed by atoms with van der Waals surface area (Å²) in [5.41, 5.74) is 0. The fraction of sp³-hybridized carbons (Fsp3) is 0.846. The number of carboxylic acid groups (broad SMARTS) is 1. The molecule has 1 atom stereocenters. The van der Waals surface area contributed by atoms with Crippen molar-refractivity contribution >= 4 is 21.7 Å². The molecule has 0 spiro atoms. The maximum Gasteiger partial charge on any atom is 0.326 e. The second-order valence-electron chi connectivity index (χ2n) is 5.09. The molecule has 2 N–H and O–H groups in total. The Morgan fingerprint density at radius 2 is 1.60 bits per heavy atom. The van der Waals surface area contributed by atoms with Crippen LogP contribution in [0.15, 0.2) is 0 Å². The van der Waals surface area contributed by atoms with Crippen molar-refractivity contribution in [3.8, 4) is 0 Å². The molecule has 20 heavy (non-hydrogen) atoms. The molecule has 0 saturated heterocycles. The molecule has 0 aromatic rings. The van der Waals surface area contributed by atoms with Crippen LogP contribution in [0.25, 0.3) is 0 Å². The van der Waals surface area contributed by atoms with Crippen molar-refractivity contribution in [1.29, 1.82) is 0 Å². The lowest BCUT2D eigenvalue weighted by Crippen LogP contribution is -2.44. The molecule has 0 aliphatic heterocycles. The van der Waals surface area contributed by atoms with Gasteiger partial charge in [0, 0.05) is 12.2 Å². The van der Waals surface area contributed by atoms with E-state index in [2.05, 4.69) is 5.32 Å². The van der Waals surface area contributed by atoms with Gasteiger partial charge in [-0.05, 0) is 19.3 Å². The third-order valence-electron chi connectivity index (χ3n) is 3.04. The van der Waals surface area contributed by atoms with E-state index in [0.29, 0.717) is 12.8 Å². The van der Waals surface area contributed by atoms with E-state index in [1.807, 2.05) is 13.8 Å². The lowest BCUT2D eigenvalue weighted by atomic mass is 9.97. The standard InChI is InChI=1S/C13H25NO5S/c1-4-6-10(7-5-2)12(15)14-11(13(16)17)8-9-20(3,18)19/h10-11H,4-9H2,1-3H3,(H,14,15)(H,16,17)/t11-/m0/s1. The molecule has 0 bridgehead atoms. The first-order valence-electron chi connectivity index (χ1n) is 6.92. The highest BCUT2D eigenvalue weighted by Gasteiger charge is 2.25. The minimum atomic E-state index is -3.24. The summed E-state index contributed by atoms with van der Waals surface area (Å²) in [6.07, 6.45) is 4.05. The van der Waals surface area contributed by atoms with Crippen LogP contribution in [-0.2, 0) is 19.4 Å². The van der Waals surface area contributed by atoms with Crippen LogP contribution < -0.4 is 5.32 Å².